The Morgan fingerprint density at radius 2 is 1.13 bits per heavy atom. The van der Waals surface area contributed by atoms with E-state index < -0.39 is 109 Å². The molecule has 0 bridgehead atoms. The summed E-state index contributed by atoms with van der Waals surface area (Å²) < 4.78 is 154. The zero-order valence-corrected chi connectivity index (χ0v) is 46.0. The second-order valence-corrected chi connectivity index (χ2v) is 16.7. The van der Waals surface area contributed by atoms with Crippen LogP contribution in [-0.2, 0) is 39.7 Å². The van der Waals surface area contributed by atoms with Gasteiger partial charge in [-0.3, -0.25) is 5.04 Å². The number of aromatic nitrogens is 5. The fourth-order valence-corrected chi connectivity index (χ4v) is 7.31. The molecule has 2 aromatic heterocycles. The number of azo groups is 2. The largest absolute Gasteiger partial charge is 1.00 e. The SMILES string of the molecule is Nc1c(N=Nc2cc(Nc3cc(F)nc(F)n3)ccc2S(=O)(=O)[O-])cc(S(=O)(=O)[O-])c(N)c1N=Nc1cc(Nc2nc(F)nc(Nc3ccccc3S(=O)(=O)[O-])n2)ccc1SOO[O-].[Na+].[Na+].[Na+].[Na+]. The number of para-hydroxylation sites is 1. The third-order valence-electron chi connectivity index (χ3n) is 7.66. The van der Waals surface area contributed by atoms with Gasteiger partial charge >= 0.3 is 130 Å². The fourth-order valence-electron chi connectivity index (χ4n) is 5.05. The second-order valence-electron chi connectivity index (χ2n) is 11.9. The van der Waals surface area contributed by atoms with Gasteiger partial charge in [-0.05, 0) is 54.6 Å². The zero-order valence-electron chi connectivity index (χ0n) is 34.8. The Labute approximate surface area is 473 Å². The number of benzene rings is 4. The van der Waals surface area contributed by atoms with E-state index in [1.165, 1.54) is 30.3 Å². The molecule has 0 saturated heterocycles. The van der Waals surface area contributed by atoms with Gasteiger partial charge in [-0.15, -0.1) is 20.5 Å². The van der Waals surface area contributed by atoms with E-state index in [0.717, 1.165) is 30.3 Å². The zero-order chi connectivity index (χ0) is 46.6. The van der Waals surface area contributed by atoms with Crippen LogP contribution in [0.2, 0.25) is 0 Å². The van der Waals surface area contributed by atoms with Gasteiger partial charge in [0, 0.05) is 17.4 Å². The summed E-state index contributed by atoms with van der Waals surface area (Å²) in [5.41, 5.74) is 7.66. The van der Waals surface area contributed by atoms with Gasteiger partial charge < -0.3 is 46.3 Å². The third kappa shape index (κ3) is 16.2. The maximum atomic E-state index is 14.5. The van der Waals surface area contributed by atoms with E-state index in [1.807, 2.05) is 0 Å². The topological polar surface area (TPSA) is 415 Å². The van der Waals surface area contributed by atoms with Crippen LogP contribution in [0.3, 0.4) is 0 Å². The Morgan fingerprint density at radius 3 is 1.76 bits per heavy atom. The number of nitrogens with one attached hydrogen (secondary N) is 3. The predicted octanol–water partition coefficient (Wildman–Crippen LogP) is -7.74. The smallest absolute Gasteiger partial charge is 0.744 e. The molecule has 0 amide bonds. The van der Waals surface area contributed by atoms with Crippen LogP contribution >= 0.6 is 12.0 Å². The molecule has 37 heteroatoms. The summed E-state index contributed by atoms with van der Waals surface area (Å²) in [6.07, 6.45) is -2.85. The van der Waals surface area contributed by atoms with E-state index in [4.69, 9.17) is 11.5 Å². The summed E-state index contributed by atoms with van der Waals surface area (Å²) in [6, 6.07) is 12.2. The number of hydrogen-bond acceptors (Lipinski definition) is 27. The van der Waals surface area contributed by atoms with Crippen molar-refractivity contribution in [3.63, 3.8) is 0 Å². The molecule has 334 valence electrons. The van der Waals surface area contributed by atoms with Gasteiger partial charge in [-0.25, -0.2) is 25.3 Å². The monoisotopic (exact) mass is 1060 g/mol. The molecule has 0 fully saturated rings. The van der Waals surface area contributed by atoms with Crippen molar-refractivity contribution in [3.8, 4) is 0 Å². The van der Waals surface area contributed by atoms with Gasteiger partial charge in [-0.2, -0.15) is 42.4 Å². The summed E-state index contributed by atoms with van der Waals surface area (Å²) in [5.74, 6) is -2.80. The van der Waals surface area contributed by atoms with Crippen LogP contribution in [0.15, 0.2) is 113 Å². The average molecular weight is 1060 g/mol. The van der Waals surface area contributed by atoms with Gasteiger partial charge in [0.2, 0.25) is 17.8 Å². The molecule has 68 heavy (non-hydrogen) atoms. The maximum Gasteiger partial charge on any atom is 1.00 e. The van der Waals surface area contributed by atoms with Crippen LogP contribution in [0.5, 0.6) is 0 Å². The van der Waals surface area contributed by atoms with Gasteiger partial charge in [0.05, 0.1) is 48.7 Å². The third-order valence-corrected chi connectivity index (χ3v) is 11.0. The summed E-state index contributed by atoms with van der Waals surface area (Å²) in [7, 11) is -15.8. The number of nitrogens with two attached hydrogens (primary N) is 2. The average Bonchev–Trinajstić information content (AvgIpc) is 3.18. The number of nitrogens with zero attached hydrogens (tertiary/aromatic N) is 9. The summed E-state index contributed by atoms with van der Waals surface area (Å²) in [4.78, 5) is 14.1. The molecule has 0 aliphatic carbocycles. The van der Waals surface area contributed by atoms with Crippen molar-refractivity contribution in [3.05, 3.63) is 90.9 Å². The molecule has 26 nitrogen and oxygen atoms in total. The van der Waals surface area contributed by atoms with Gasteiger partial charge in [0.15, 0.2) is 0 Å². The molecule has 0 atom stereocenters. The Morgan fingerprint density at radius 1 is 0.574 bits per heavy atom. The van der Waals surface area contributed by atoms with Crippen molar-refractivity contribution < 1.29 is 185 Å². The molecule has 0 radical (unpaired) electrons. The Balaban J connectivity index is 0.00000397. The van der Waals surface area contributed by atoms with Crippen molar-refractivity contribution in [2.45, 2.75) is 19.6 Å². The van der Waals surface area contributed by atoms with Crippen molar-refractivity contribution in [2.75, 3.05) is 27.4 Å². The normalized spacial score (nSPS) is 11.5. The first kappa shape index (κ1) is 61.0. The minimum absolute atomic E-state index is 0. The molecule has 0 spiro atoms. The Bertz CT molecular complexity index is 3210. The maximum absolute atomic E-state index is 14.5. The van der Waals surface area contributed by atoms with Crippen LogP contribution in [0.1, 0.15) is 0 Å². The van der Waals surface area contributed by atoms with E-state index in [2.05, 4.69) is 70.7 Å². The molecular formula is C31H19F3N14Na4O12S4. The van der Waals surface area contributed by atoms with Gasteiger partial charge in [0.1, 0.15) is 58.9 Å². The van der Waals surface area contributed by atoms with Crippen molar-refractivity contribution in [1.82, 2.24) is 24.9 Å². The minimum atomic E-state index is -5.49. The molecule has 0 unspecified atom stereocenters. The number of hydrogen-bond donors (Lipinski definition) is 5. The number of nitrogen functional groups attached to an aromatic ring is 2. The van der Waals surface area contributed by atoms with Gasteiger partial charge in [0.25, 0.3) is 0 Å². The molecule has 6 rings (SSSR count). The molecule has 2 heterocycles. The fraction of sp³-hybridized carbons (Fsp3) is 0. The van der Waals surface area contributed by atoms with E-state index in [1.54, 1.807) is 0 Å². The summed E-state index contributed by atoms with van der Waals surface area (Å²) >= 11 is 0.270. The molecular weight excluding hydrogens is 1040 g/mol. The Hall–Kier alpha value is -3.08. The second kappa shape index (κ2) is 25.9. The number of rotatable bonds is 16. The number of anilines is 8. The molecule has 0 saturated carbocycles. The Kier molecular flexibility index (Phi) is 23.2. The van der Waals surface area contributed by atoms with E-state index in [-0.39, 0.29) is 158 Å². The quantitative estimate of drug-likeness (QED) is 0.00692. The van der Waals surface area contributed by atoms with Crippen LogP contribution in [0.4, 0.5) is 82.1 Å². The van der Waals surface area contributed by atoms with Crippen LogP contribution < -0.4 is 151 Å². The summed E-state index contributed by atoms with van der Waals surface area (Å²) in [6.45, 7) is 0. The van der Waals surface area contributed by atoms with Crippen LogP contribution in [0.25, 0.3) is 0 Å². The number of halogens is 3. The van der Waals surface area contributed by atoms with Crippen molar-refractivity contribution in [2.24, 2.45) is 20.5 Å². The van der Waals surface area contributed by atoms with Crippen LogP contribution in [0, 0.1) is 18.1 Å². The molecule has 0 aliphatic rings. The first-order valence-electron chi connectivity index (χ1n) is 16.4. The molecule has 7 N–H and O–H groups in total. The first-order chi connectivity index (χ1) is 30.1. The van der Waals surface area contributed by atoms with Crippen molar-refractivity contribution >= 4 is 111 Å². The van der Waals surface area contributed by atoms with Crippen LogP contribution in [-0.4, -0.2) is 63.8 Å². The summed E-state index contributed by atoms with van der Waals surface area (Å²) in [5, 5.41) is 36.6. The predicted molar refractivity (Wildman–Crippen MR) is 206 cm³/mol. The molecule has 4 aromatic carbocycles. The first-order valence-corrected chi connectivity index (χ1v) is 21.4. The van der Waals surface area contributed by atoms with Gasteiger partial charge in [-0.1, -0.05) is 12.1 Å². The van der Waals surface area contributed by atoms with E-state index >= 15 is 0 Å². The van der Waals surface area contributed by atoms with E-state index in [0.29, 0.717) is 12.1 Å². The standard InChI is InChI=1S/C31H23F3N14O12S4.4Na/c32-23-12-24(41-28(33)40-23)37-13-6-8-21(63(53,54)55)17(10-13)46-47-18-11-22(64(56,57)58)26(36)27(25(18)35)48-45-16-9-14(5-7-19(16)61-60-59-49)38-30-42-29(34)43-31(44-30)39-15-3-1-2-4-20(15)62(50,51)52;;;;/h1-12,49H,35-36H2,(H,37,40,41)(H,50,51,52)(H,53,54,55)(H,56,57,58)(H2,38,39,42,43,44);;;;/q;4*+1/p-4. The van der Waals surface area contributed by atoms with Crippen molar-refractivity contribution in [1.29, 1.82) is 0 Å². The minimum Gasteiger partial charge on any atom is -0.744 e. The molecule has 0 aliphatic heterocycles. The molecule has 6 aromatic rings. The van der Waals surface area contributed by atoms with E-state index in [9.17, 15) is 57.3 Å².